The number of nitrogens with zero attached hydrogens (tertiary/aromatic N) is 1. The molecule has 1 aliphatic carbocycles. The van der Waals surface area contributed by atoms with Gasteiger partial charge in [-0.05, 0) is 25.3 Å². The second-order valence-corrected chi connectivity index (χ2v) is 5.17. The van der Waals surface area contributed by atoms with E-state index < -0.39 is 11.0 Å². The van der Waals surface area contributed by atoms with Crippen LogP contribution in [0.1, 0.15) is 26.2 Å². The summed E-state index contributed by atoms with van der Waals surface area (Å²) < 4.78 is 0. The van der Waals surface area contributed by atoms with E-state index in [-0.39, 0.29) is 5.38 Å². The molecule has 2 nitrogen and oxygen atoms in total. The Balaban J connectivity index is 2.29. The molecule has 14 heavy (non-hydrogen) atoms. The van der Waals surface area contributed by atoms with Crippen LogP contribution in [0.4, 0.5) is 0 Å². The molecule has 0 aromatic heterocycles. The molecule has 0 aromatic carbocycles. The third kappa shape index (κ3) is 1.32. The SMILES string of the molecule is CC1(C2(O)CCC2)C=NC(Cl)=CC1Cl. The van der Waals surface area contributed by atoms with Gasteiger partial charge in [-0.2, -0.15) is 0 Å². The van der Waals surface area contributed by atoms with E-state index in [1.54, 1.807) is 12.3 Å². The average Bonchev–Trinajstić information content (AvgIpc) is 2.08. The van der Waals surface area contributed by atoms with Crippen LogP contribution < -0.4 is 0 Å². The first-order valence-corrected chi connectivity index (χ1v) is 5.58. The van der Waals surface area contributed by atoms with Gasteiger partial charge in [-0.1, -0.05) is 18.5 Å². The van der Waals surface area contributed by atoms with Crippen LogP contribution in [0.5, 0.6) is 0 Å². The van der Waals surface area contributed by atoms with Gasteiger partial charge in [0, 0.05) is 6.21 Å². The summed E-state index contributed by atoms with van der Waals surface area (Å²) in [6.07, 6.45) is 6.04. The van der Waals surface area contributed by atoms with Gasteiger partial charge in [-0.3, -0.25) is 0 Å². The van der Waals surface area contributed by atoms with Gasteiger partial charge >= 0.3 is 0 Å². The average molecular weight is 234 g/mol. The Labute approximate surface area is 93.6 Å². The van der Waals surface area contributed by atoms with Gasteiger partial charge in [0.25, 0.3) is 0 Å². The summed E-state index contributed by atoms with van der Waals surface area (Å²) in [6.45, 7) is 1.94. The quantitative estimate of drug-likeness (QED) is 0.549. The molecular weight excluding hydrogens is 221 g/mol. The molecule has 1 fully saturated rings. The van der Waals surface area contributed by atoms with Crippen LogP contribution in [0.25, 0.3) is 0 Å². The van der Waals surface area contributed by atoms with Crippen LogP contribution in [-0.2, 0) is 0 Å². The fraction of sp³-hybridized carbons (Fsp3) is 0.700. The highest BCUT2D eigenvalue weighted by Gasteiger charge is 2.54. The van der Waals surface area contributed by atoms with Crippen LogP contribution in [-0.4, -0.2) is 22.3 Å². The predicted octanol–water partition coefficient (Wildman–Crippen LogP) is 2.68. The number of alkyl halides is 1. The Kier molecular flexibility index (Phi) is 2.41. The topological polar surface area (TPSA) is 32.6 Å². The largest absolute Gasteiger partial charge is 0.389 e. The van der Waals surface area contributed by atoms with Crippen molar-refractivity contribution < 1.29 is 5.11 Å². The van der Waals surface area contributed by atoms with Crippen molar-refractivity contribution >= 4 is 29.4 Å². The fourth-order valence-corrected chi connectivity index (χ4v) is 2.65. The van der Waals surface area contributed by atoms with Crippen molar-refractivity contribution in [2.24, 2.45) is 10.4 Å². The van der Waals surface area contributed by atoms with Crippen molar-refractivity contribution in [1.29, 1.82) is 0 Å². The highest BCUT2D eigenvalue weighted by Crippen LogP contribution is 2.50. The zero-order valence-corrected chi connectivity index (χ0v) is 9.52. The van der Waals surface area contributed by atoms with Crippen molar-refractivity contribution in [3.05, 3.63) is 11.2 Å². The van der Waals surface area contributed by atoms with Gasteiger partial charge in [-0.25, -0.2) is 4.99 Å². The van der Waals surface area contributed by atoms with E-state index in [1.165, 1.54) is 0 Å². The van der Waals surface area contributed by atoms with Gasteiger partial charge in [0.1, 0.15) is 5.16 Å². The van der Waals surface area contributed by atoms with E-state index in [4.69, 9.17) is 23.2 Å². The van der Waals surface area contributed by atoms with Crippen LogP contribution in [0.2, 0.25) is 0 Å². The second-order valence-electron chi connectivity index (χ2n) is 4.32. The number of allylic oxidation sites excluding steroid dienone is 1. The van der Waals surface area contributed by atoms with Crippen molar-refractivity contribution in [2.45, 2.75) is 37.2 Å². The summed E-state index contributed by atoms with van der Waals surface area (Å²) in [5, 5.41) is 10.4. The minimum absolute atomic E-state index is 0.280. The first-order valence-electron chi connectivity index (χ1n) is 4.77. The van der Waals surface area contributed by atoms with Crippen LogP contribution in [0, 0.1) is 5.41 Å². The van der Waals surface area contributed by atoms with Crippen molar-refractivity contribution in [3.8, 4) is 0 Å². The van der Waals surface area contributed by atoms with E-state index in [1.807, 2.05) is 6.92 Å². The number of hydrogen-bond acceptors (Lipinski definition) is 2. The summed E-state index contributed by atoms with van der Waals surface area (Å²) in [5.41, 5.74) is -1.18. The van der Waals surface area contributed by atoms with Gasteiger partial charge in [0.2, 0.25) is 0 Å². The molecule has 1 heterocycles. The molecule has 0 spiro atoms. The highest BCUT2D eigenvalue weighted by molar-refractivity contribution is 6.32. The van der Waals surface area contributed by atoms with Crippen LogP contribution in [0.15, 0.2) is 16.2 Å². The molecule has 0 saturated heterocycles. The van der Waals surface area contributed by atoms with Crippen LogP contribution in [0.3, 0.4) is 0 Å². The first-order chi connectivity index (χ1) is 6.48. The maximum atomic E-state index is 10.3. The van der Waals surface area contributed by atoms with Crippen molar-refractivity contribution in [2.75, 3.05) is 0 Å². The normalized spacial score (nSPS) is 40.3. The van der Waals surface area contributed by atoms with Crippen molar-refractivity contribution in [1.82, 2.24) is 0 Å². The molecule has 4 heteroatoms. The van der Waals surface area contributed by atoms with Crippen molar-refractivity contribution in [3.63, 3.8) is 0 Å². The summed E-state index contributed by atoms with van der Waals surface area (Å²) in [4.78, 5) is 4.04. The van der Waals surface area contributed by atoms with E-state index in [9.17, 15) is 5.11 Å². The molecular formula is C10H13Cl2NO. The maximum absolute atomic E-state index is 10.3. The Bertz CT molecular complexity index is 309. The first kappa shape index (κ1) is 10.5. The van der Waals surface area contributed by atoms with E-state index >= 15 is 0 Å². The molecule has 0 aromatic rings. The predicted molar refractivity (Wildman–Crippen MR) is 59.0 cm³/mol. The highest BCUT2D eigenvalue weighted by atomic mass is 35.5. The molecule has 2 rings (SSSR count). The lowest BCUT2D eigenvalue weighted by Crippen LogP contribution is -2.57. The van der Waals surface area contributed by atoms with Crippen LogP contribution >= 0.6 is 23.2 Å². The molecule has 0 bridgehead atoms. The zero-order chi connectivity index (χ0) is 10.4. The van der Waals surface area contributed by atoms with Gasteiger partial charge in [-0.15, -0.1) is 11.6 Å². The second kappa shape index (κ2) is 3.22. The molecule has 0 amide bonds. The molecule has 78 valence electrons. The summed E-state index contributed by atoms with van der Waals surface area (Å²) in [7, 11) is 0. The van der Waals surface area contributed by atoms with Gasteiger partial charge in [0.15, 0.2) is 0 Å². The van der Waals surface area contributed by atoms with E-state index in [0.29, 0.717) is 5.16 Å². The molecule has 2 unspecified atom stereocenters. The third-order valence-corrected chi connectivity index (χ3v) is 4.30. The summed E-state index contributed by atoms with van der Waals surface area (Å²) >= 11 is 12.0. The molecule has 2 aliphatic rings. The number of rotatable bonds is 1. The van der Waals surface area contributed by atoms with E-state index in [0.717, 1.165) is 19.3 Å². The lowest BCUT2D eigenvalue weighted by atomic mass is 9.61. The van der Waals surface area contributed by atoms with Gasteiger partial charge < -0.3 is 5.11 Å². The Hall–Kier alpha value is -0.0500. The summed E-state index contributed by atoms with van der Waals surface area (Å²) in [6, 6.07) is 0. The Morgan fingerprint density at radius 2 is 2.21 bits per heavy atom. The minimum Gasteiger partial charge on any atom is -0.389 e. The number of hydrogen-bond donors (Lipinski definition) is 1. The molecule has 0 radical (unpaired) electrons. The number of aliphatic imine (C=N–C) groups is 1. The smallest absolute Gasteiger partial charge is 0.126 e. The van der Waals surface area contributed by atoms with E-state index in [2.05, 4.69) is 4.99 Å². The summed E-state index contributed by atoms with van der Waals surface area (Å²) in [5.74, 6) is 0. The fourth-order valence-electron chi connectivity index (χ4n) is 2.03. The zero-order valence-electron chi connectivity index (χ0n) is 8.00. The Morgan fingerprint density at radius 3 is 2.64 bits per heavy atom. The maximum Gasteiger partial charge on any atom is 0.126 e. The lowest BCUT2D eigenvalue weighted by molar-refractivity contribution is -0.0986. The standard InChI is InChI=1S/C10H13Cl2NO/c1-9(10(14)3-2-4-10)6-13-8(12)5-7(9)11/h5-7,14H,2-4H2,1H3. The Morgan fingerprint density at radius 1 is 1.57 bits per heavy atom. The molecule has 1 N–H and O–H groups in total. The molecule has 1 saturated carbocycles. The third-order valence-electron chi connectivity index (χ3n) is 3.50. The minimum atomic E-state index is -0.697. The van der Waals surface area contributed by atoms with Gasteiger partial charge in [0.05, 0.1) is 16.4 Å². The molecule has 1 aliphatic heterocycles. The molecule has 2 atom stereocenters. The monoisotopic (exact) mass is 233 g/mol. The lowest BCUT2D eigenvalue weighted by Gasteiger charge is -2.51. The number of halogens is 2. The number of aliphatic hydroxyl groups is 1.